The highest BCUT2D eigenvalue weighted by Gasteiger charge is 2.06. The summed E-state index contributed by atoms with van der Waals surface area (Å²) in [5.74, 6) is -0.343. The molecule has 0 saturated carbocycles. The van der Waals surface area contributed by atoms with Crippen molar-refractivity contribution in [3.05, 3.63) is 35.6 Å². The maximum absolute atomic E-state index is 12.9. The largest absolute Gasteiger partial charge is 0.394 e. The van der Waals surface area contributed by atoms with E-state index in [4.69, 9.17) is 10.2 Å². The summed E-state index contributed by atoms with van der Waals surface area (Å²) < 4.78 is 12.9. The maximum Gasteiger partial charge on any atom is 0.126 e. The second-order valence-electron chi connectivity index (χ2n) is 2.63. The zero-order valence-corrected chi connectivity index (χ0v) is 6.57. The summed E-state index contributed by atoms with van der Waals surface area (Å²) in [6.07, 6.45) is -0.717. The van der Waals surface area contributed by atoms with Gasteiger partial charge in [0.2, 0.25) is 0 Å². The first kappa shape index (κ1) is 9.16. The molecule has 0 fully saturated rings. The molecule has 1 aromatic rings. The van der Waals surface area contributed by atoms with E-state index in [1.165, 1.54) is 6.07 Å². The van der Waals surface area contributed by atoms with Crippen LogP contribution in [0.15, 0.2) is 24.3 Å². The Morgan fingerprint density at radius 1 is 1.33 bits per heavy atom. The van der Waals surface area contributed by atoms with Gasteiger partial charge in [-0.15, -0.1) is 0 Å². The molecule has 3 heteroatoms. The van der Waals surface area contributed by atoms with E-state index in [2.05, 4.69) is 0 Å². The zero-order chi connectivity index (χ0) is 8.97. The molecule has 0 unspecified atom stereocenters. The van der Waals surface area contributed by atoms with Crippen molar-refractivity contribution in [3.8, 4) is 0 Å². The van der Waals surface area contributed by atoms with Crippen LogP contribution in [0, 0.1) is 5.82 Å². The summed E-state index contributed by atoms with van der Waals surface area (Å²) in [6.45, 7) is -0.339. The van der Waals surface area contributed by atoms with Crippen molar-refractivity contribution in [2.24, 2.45) is 0 Å². The van der Waals surface area contributed by atoms with Gasteiger partial charge in [-0.05, 0) is 11.6 Å². The minimum Gasteiger partial charge on any atom is -0.394 e. The third kappa shape index (κ3) is 2.29. The lowest BCUT2D eigenvalue weighted by Gasteiger charge is -2.06. The lowest BCUT2D eigenvalue weighted by Crippen LogP contribution is -2.15. The average Bonchev–Trinajstić information content (AvgIpc) is 2.09. The monoisotopic (exact) mass is 170 g/mol. The summed E-state index contributed by atoms with van der Waals surface area (Å²) in [4.78, 5) is 0. The number of halogens is 1. The lowest BCUT2D eigenvalue weighted by molar-refractivity contribution is 0.0948. The molecule has 1 atom stereocenters. The van der Waals surface area contributed by atoms with E-state index in [9.17, 15) is 4.39 Å². The minimum atomic E-state index is -0.873. The van der Waals surface area contributed by atoms with Gasteiger partial charge in [0.1, 0.15) is 5.82 Å². The smallest absolute Gasteiger partial charge is 0.126 e. The second kappa shape index (κ2) is 4.18. The van der Waals surface area contributed by atoms with Gasteiger partial charge in [0.25, 0.3) is 0 Å². The van der Waals surface area contributed by atoms with Crippen LogP contribution >= 0.6 is 0 Å². The van der Waals surface area contributed by atoms with E-state index in [1.54, 1.807) is 18.2 Å². The van der Waals surface area contributed by atoms with Crippen LogP contribution in [0.4, 0.5) is 4.39 Å². The van der Waals surface area contributed by atoms with E-state index < -0.39 is 6.10 Å². The number of aliphatic hydroxyl groups excluding tert-OH is 2. The number of rotatable bonds is 3. The Hall–Kier alpha value is -0.930. The number of hydrogen-bond acceptors (Lipinski definition) is 2. The molecule has 0 saturated heterocycles. The van der Waals surface area contributed by atoms with E-state index in [1.807, 2.05) is 0 Å². The van der Waals surface area contributed by atoms with Crippen LogP contribution in [-0.4, -0.2) is 22.9 Å². The summed E-state index contributed by atoms with van der Waals surface area (Å²) in [7, 11) is 0. The number of aliphatic hydroxyl groups is 2. The Kier molecular flexibility index (Phi) is 3.19. The van der Waals surface area contributed by atoms with Gasteiger partial charge in [0, 0.05) is 6.42 Å². The molecule has 2 nitrogen and oxygen atoms in total. The Morgan fingerprint density at radius 2 is 2.00 bits per heavy atom. The molecule has 1 aromatic carbocycles. The molecular formula is C9H11FO2. The number of benzene rings is 1. The van der Waals surface area contributed by atoms with Gasteiger partial charge in [-0.25, -0.2) is 4.39 Å². The quantitative estimate of drug-likeness (QED) is 0.701. The van der Waals surface area contributed by atoms with Crippen LogP contribution in [0.5, 0.6) is 0 Å². The van der Waals surface area contributed by atoms with E-state index in [0.29, 0.717) is 5.56 Å². The third-order valence-electron chi connectivity index (χ3n) is 1.62. The van der Waals surface area contributed by atoms with Gasteiger partial charge in [-0.3, -0.25) is 0 Å². The highest BCUT2D eigenvalue weighted by atomic mass is 19.1. The Morgan fingerprint density at radius 3 is 2.58 bits per heavy atom. The first-order valence-corrected chi connectivity index (χ1v) is 3.76. The van der Waals surface area contributed by atoms with Crippen LogP contribution in [0.2, 0.25) is 0 Å². The molecule has 0 heterocycles. The third-order valence-corrected chi connectivity index (χ3v) is 1.62. The van der Waals surface area contributed by atoms with Gasteiger partial charge >= 0.3 is 0 Å². The van der Waals surface area contributed by atoms with Crippen LogP contribution in [-0.2, 0) is 6.42 Å². The second-order valence-corrected chi connectivity index (χ2v) is 2.63. The normalized spacial score (nSPS) is 12.9. The standard InChI is InChI=1S/C9H11FO2/c10-9-4-2-1-3-7(9)5-8(12)6-11/h1-4,8,11-12H,5-6H2/t8-/m1/s1. The molecule has 1 rings (SSSR count). The molecule has 66 valence electrons. The molecule has 0 spiro atoms. The summed E-state index contributed by atoms with van der Waals surface area (Å²) in [6, 6.07) is 6.21. The molecule has 0 bridgehead atoms. The Balaban J connectivity index is 2.69. The lowest BCUT2D eigenvalue weighted by atomic mass is 10.1. The zero-order valence-electron chi connectivity index (χ0n) is 6.57. The van der Waals surface area contributed by atoms with Gasteiger partial charge in [-0.2, -0.15) is 0 Å². The predicted octanol–water partition coefficient (Wildman–Crippen LogP) is 0.721. The first-order chi connectivity index (χ1) is 5.74. The van der Waals surface area contributed by atoms with Gasteiger partial charge in [0.05, 0.1) is 12.7 Å². The maximum atomic E-state index is 12.9. The van der Waals surface area contributed by atoms with Gasteiger partial charge in [0.15, 0.2) is 0 Å². The molecule has 12 heavy (non-hydrogen) atoms. The van der Waals surface area contributed by atoms with E-state index in [-0.39, 0.29) is 18.8 Å². The van der Waals surface area contributed by atoms with Crippen molar-refractivity contribution in [2.75, 3.05) is 6.61 Å². The average molecular weight is 170 g/mol. The van der Waals surface area contributed by atoms with Crippen LogP contribution < -0.4 is 0 Å². The molecule has 0 amide bonds. The van der Waals surface area contributed by atoms with Crippen molar-refractivity contribution >= 4 is 0 Å². The summed E-state index contributed by atoms with van der Waals surface area (Å²) in [5, 5.41) is 17.5. The predicted molar refractivity (Wildman–Crippen MR) is 43.2 cm³/mol. The van der Waals surface area contributed by atoms with E-state index >= 15 is 0 Å². The molecule has 0 aromatic heterocycles. The van der Waals surface area contributed by atoms with E-state index in [0.717, 1.165) is 0 Å². The van der Waals surface area contributed by atoms with Crippen LogP contribution in [0.1, 0.15) is 5.56 Å². The minimum absolute atomic E-state index is 0.156. The number of hydrogen-bond donors (Lipinski definition) is 2. The first-order valence-electron chi connectivity index (χ1n) is 3.76. The van der Waals surface area contributed by atoms with Crippen LogP contribution in [0.25, 0.3) is 0 Å². The summed E-state index contributed by atoms with van der Waals surface area (Å²) >= 11 is 0. The molecule has 2 N–H and O–H groups in total. The SMILES string of the molecule is OC[C@H](O)Cc1ccccc1F. The van der Waals surface area contributed by atoms with Crippen molar-refractivity contribution in [2.45, 2.75) is 12.5 Å². The van der Waals surface area contributed by atoms with Crippen molar-refractivity contribution in [1.29, 1.82) is 0 Å². The molecule has 0 aliphatic heterocycles. The molecule has 0 aliphatic carbocycles. The highest BCUT2D eigenvalue weighted by Crippen LogP contribution is 2.08. The summed E-state index contributed by atoms with van der Waals surface area (Å²) in [5.41, 5.74) is 0.430. The topological polar surface area (TPSA) is 40.5 Å². The highest BCUT2D eigenvalue weighted by molar-refractivity contribution is 5.17. The molecular weight excluding hydrogens is 159 g/mol. The van der Waals surface area contributed by atoms with Crippen molar-refractivity contribution < 1.29 is 14.6 Å². The Bertz CT molecular complexity index is 250. The fourth-order valence-corrected chi connectivity index (χ4v) is 0.982. The van der Waals surface area contributed by atoms with Crippen LogP contribution in [0.3, 0.4) is 0 Å². The fraction of sp³-hybridized carbons (Fsp3) is 0.333. The fourth-order valence-electron chi connectivity index (χ4n) is 0.982. The Labute approximate surface area is 70.3 Å². The van der Waals surface area contributed by atoms with Crippen molar-refractivity contribution in [1.82, 2.24) is 0 Å². The molecule has 0 radical (unpaired) electrons. The molecule has 0 aliphatic rings. The van der Waals surface area contributed by atoms with Gasteiger partial charge < -0.3 is 10.2 Å². The van der Waals surface area contributed by atoms with Crippen molar-refractivity contribution in [3.63, 3.8) is 0 Å². The van der Waals surface area contributed by atoms with Gasteiger partial charge in [-0.1, -0.05) is 18.2 Å².